The Balaban J connectivity index is 0. The van der Waals surface area contributed by atoms with E-state index in [1.54, 1.807) is 0 Å². The summed E-state index contributed by atoms with van der Waals surface area (Å²) < 4.78 is 0. The van der Waals surface area contributed by atoms with E-state index in [1.165, 1.54) is 0 Å². The smallest absolute Gasteiger partial charge is 1.00 e. The molecule has 0 aromatic rings. The average molecular weight is 563 g/mol. The van der Waals surface area contributed by atoms with Gasteiger partial charge >= 0.3 is 67.1 Å². The molecule has 0 unspecified atom stereocenters. The molecular formula is Ag3Br3. The standard InChI is InChI=1S/3Ag.3BrH/h;;;3*1H/q3*+1;;;/p-3. The minimum absolute atomic E-state index is 0. The van der Waals surface area contributed by atoms with Crippen molar-refractivity contribution in [3.63, 3.8) is 0 Å². The molecule has 0 saturated carbocycles. The third-order valence-electron chi connectivity index (χ3n) is 0. The molecule has 0 aromatic carbocycles. The quantitative estimate of drug-likeness (QED) is 0.257. The molecular weight excluding hydrogens is 563 g/mol. The van der Waals surface area contributed by atoms with E-state index in [4.69, 9.17) is 0 Å². The van der Waals surface area contributed by atoms with Gasteiger partial charge in [-0.05, 0) is 0 Å². The van der Waals surface area contributed by atoms with Crippen molar-refractivity contribution in [1.29, 1.82) is 0 Å². The van der Waals surface area contributed by atoms with Crippen LogP contribution in [0.1, 0.15) is 0 Å². The van der Waals surface area contributed by atoms with Gasteiger partial charge in [0.25, 0.3) is 0 Å². The summed E-state index contributed by atoms with van der Waals surface area (Å²) in [5.74, 6) is 0. The zero-order valence-electron chi connectivity index (χ0n) is 2.04. The molecule has 0 aromatic heterocycles. The van der Waals surface area contributed by atoms with Crippen LogP contribution < -0.4 is 50.9 Å². The third-order valence-corrected chi connectivity index (χ3v) is 0. The maximum absolute atomic E-state index is 0. The van der Waals surface area contributed by atoms with Crippen LogP contribution in [0.25, 0.3) is 0 Å². The Morgan fingerprint density at radius 3 is 0.333 bits per heavy atom. The Labute approximate surface area is 116 Å². The molecule has 0 N–H and O–H groups in total. The van der Waals surface area contributed by atoms with Crippen LogP contribution in [0.5, 0.6) is 0 Å². The fourth-order valence-electron chi connectivity index (χ4n) is 0. The Hall–Kier alpha value is 3.66. The number of rotatable bonds is 0. The van der Waals surface area contributed by atoms with Crippen molar-refractivity contribution in [3.05, 3.63) is 0 Å². The Morgan fingerprint density at radius 2 is 0.333 bits per heavy atom. The SMILES string of the molecule is [Ag+].[Ag+].[Ag+].[Br-].[Br-].[Br-]. The zero-order valence-corrected chi connectivity index (χ0v) is 11.2. The van der Waals surface area contributed by atoms with Crippen molar-refractivity contribution in [2.24, 2.45) is 0 Å². The van der Waals surface area contributed by atoms with Crippen molar-refractivity contribution in [2.45, 2.75) is 0 Å². The third kappa shape index (κ3) is 25.4. The normalized spacial score (nSPS) is 0. The van der Waals surface area contributed by atoms with Crippen LogP contribution in [0.3, 0.4) is 0 Å². The van der Waals surface area contributed by atoms with Gasteiger partial charge in [0.05, 0.1) is 0 Å². The first-order valence-corrected chi connectivity index (χ1v) is 0. The van der Waals surface area contributed by atoms with Crippen LogP contribution in [0, 0.1) is 0 Å². The fourth-order valence-corrected chi connectivity index (χ4v) is 0. The van der Waals surface area contributed by atoms with Gasteiger partial charge in [0.1, 0.15) is 0 Å². The molecule has 0 aliphatic heterocycles. The van der Waals surface area contributed by atoms with Crippen LogP contribution in [0.4, 0.5) is 0 Å². The van der Waals surface area contributed by atoms with Crippen molar-refractivity contribution in [2.75, 3.05) is 0 Å². The number of hydrogen-bond acceptors (Lipinski definition) is 0. The molecule has 0 bridgehead atoms. The van der Waals surface area contributed by atoms with Crippen molar-refractivity contribution < 1.29 is 118 Å². The van der Waals surface area contributed by atoms with E-state index >= 15 is 0 Å². The van der Waals surface area contributed by atoms with E-state index < -0.39 is 0 Å². The summed E-state index contributed by atoms with van der Waals surface area (Å²) in [5.41, 5.74) is 0. The molecule has 0 aliphatic rings. The molecule has 0 aliphatic carbocycles. The van der Waals surface area contributed by atoms with Gasteiger partial charge in [-0.1, -0.05) is 0 Å². The summed E-state index contributed by atoms with van der Waals surface area (Å²) in [6, 6.07) is 0. The summed E-state index contributed by atoms with van der Waals surface area (Å²) in [6.45, 7) is 0. The second kappa shape index (κ2) is 37.9. The second-order valence-electron chi connectivity index (χ2n) is 0. The van der Waals surface area contributed by atoms with Crippen LogP contribution >= 0.6 is 0 Å². The number of halogens is 3. The molecule has 0 heterocycles. The predicted molar refractivity (Wildman–Crippen MR) is 0 cm³/mol. The molecule has 0 nitrogen and oxygen atoms in total. The van der Waals surface area contributed by atoms with Gasteiger partial charge in [-0.25, -0.2) is 0 Å². The summed E-state index contributed by atoms with van der Waals surface area (Å²) in [6.07, 6.45) is 0. The van der Waals surface area contributed by atoms with E-state index in [-0.39, 0.29) is 118 Å². The molecule has 54 valence electrons. The van der Waals surface area contributed by atoms with Crippen molar-refractivity contribution >= 4 is 0 Å². The Kier molecular flexibility index (Phi) is 342. The van der Waals surface area contributed by atoms with E-state index in [0.717, 1.165) is 0 Å². The second-order valence-corrected chi connectivity index (χ2v) is 0. The topological polar surface area (TPSA) is 0 Å². The fraction of sp³-hybridized carbons (Fsp3) is 0. The van der Waals surface area contributed by atoms with Crippen LogP contribution in [-0.4, -0.2) is 0 Å². The van der Waals surface area contributed by atoms with E-state index in [9.17, 15) is 0 Å². The molecule has 0 rings (SSSR count). The van der Waals surface area contributed by atoms with Crippen LogP contribution in [0.2, 0.25) is 0 Å². The Bertz CT molecular complexity index is 6.00. The van der Waals surface area contributed by atoms with Gasteiger partial charge in [0.15, 0.2) is 0 Å². The predicted octanol–water partition coefficient (Wildman–Crippen LogP) is -9.00. The summed E-state index contributed by atoms with van der Waals surface area (Å²) in [4.78, 5) is 0. The molecule has 6 heavy (non-hydrogen) atoms. The van der Waals surface area contributed by atoms with Crippen LogP contribution in [-0.2, 0) is 67.1 Å². The van der Waals surface area contributed by atoms with E-state index in [1.807, 2.05) is 0 Å². The average Bonchev–Trinajstić information content (AvgIpc) is 0. The first-order chi connectivity index (χ1) is 0. The molecule has 6 heteroatoms. The molecule has 0 saturated heterocycles. The molecule has 0 radical (unpaired) electrons. The first kappa shape index (κ1) is 54.1. The maximum atomic E-state index is 0. The molecule has 0 fully saturated rings. The van der Waals surface area contributed by atoms with Gasteiger partial charge in [-0.15, -0.1) is 0 Å². The molecule has 0 atom stereocenters. The largest absolute Gasteiger partial charge is 1.00 e. The summed E-state index contributed by atoms with van der Waals surface area (Å²) in [5, 5.41) is 0. The first-order valence-electron chi connectivity index (χ1n) is 0. The molecule has 0 spiro atoms. The maximum Gasteiger partial charge on any atom is 1.00 e. The van der Waals surface area contributed by atoms with Crippen molar-refractivity contribution in [3.8, 4) is 0 Å². The minimum atomic E-state index is 0. The minimum Gasteiger partial charge on any atom is -1.00 e. The Morgan fingerprint density at radius 1 is 0.333 bits per heavy atom. The van der Waals surface area contributed by atoms with Gasteiger partial charge in [0.2, 0.25) is 0 Å². The monoisotopic (exact) mass is 557 g/mol. The van der Waals surface area contributed by atoms with Gasteiger partial charge in [0, 0.05) is 0 Å². The van der Waals surface area contributed by atoms with Crippen LogP contribution in [0.15, 0.2) is 0 Å². The van der Waals surface area contributed by atoms with Gasteiger partial charge < -0.3 is 50.9 Å². The van der Waals surface area contributed by atoms with Gasteiger partial charge in [-0.2, -0.15) is 0 Å². The van der Waals surface area contributed by atoms with Crippen molar-refractivity contribution in [1.82, 2.24) is 0 Å². The van der Waals surface area contributed by atoms with E-state index in [2.05, 4.69) is 0 Å². The zero-order chi connectivity index (χ0) is 0. The number of hydrogen-bond donors (Lipinski definition) is 0. The summed E-state index contributed by atoms with van der Waals surface area (Å²) in [7, 11) is 0. The van der Waals surface area contributed by atoms with E-state index in [0.29, 0.717) is 0 Å². The summed E-state index contributed by atoms with van der Waals surface area (Å²) >= 11 is 0. The molecule has 0 amide bonds. The van der Waals surface area contributed by atoms with Gasteiger partial charge in [-0.3, -0.25) is 0 Å².